The summed E-state index contributed by atoms with van der Waals surface area (Å²) in [5, 5.41) is 13.6. The molecule has 0 fully saturated rings. The number of hydrogen-bond acceptors (Lipinski definition) is 2. The van der Waals surface area contributed by atoms with Gasteiger partial charge in [-0.25, -0.2) is 9.59 Å². The number of carboxylic acids is 1. The molecule has 0 heterocycles. The van der Waals surface area contributed by atoms with E-state index in [1.165, 1.54) is 6.08 Å². The highest BCUT2D eigenvalue weighted by molar-refractivity contribution is 6.29. The first-order chi connectivity index (χ1) is 6.97. The summed E-state index contributed by atoms with van der Waals surface area (Å²) in [5.74, 6) is -1.12. The summed E-state index contributed by atoms with van der Waals surface area (Å²) in [4.78, 5) is 21.7. The third-order valence-electron chi connectivity index (χ3n) is 1.45. The summed E-state index contributed by atoms with van der Waals surface area (Å²) in [6.07, 6.45) is 1.57. The van der Waals surface area contributed by atoms with E-state index in [0.717, 1.165) is 0 Å². The molecule has 1 unspecified atom stereocenters. The molecule has 15 heavy (non-hydrogen) atoms. The van der Waals surface area contributed by atoms with E-state index < -0.39 is 18.0 Å². The number of urea groups is 1. The zero-order chi connectivity index (χ0) is 11.8. The Bertz CT molecular complexity index is 279. The highest BCUT2D eigenvalue weighted by Gasteiger charge is 2.17. The fraction of sp³-hybridized carbons (Fsp3) is 0.333. The second-order valence-electron chi connectivity index (χ2n) is 2.76. The number of rotatable bonds is 6. The SMILES string of the molecule is C=CCC(NC(=O)NCC(=C)Cl)C(=O)O. The normalized spacial score (nSPS) is 11.3. The highest BCUT2D eigenvalue weighted by Crippen LogP contribution is 1.94. The summed E-state index contributed by atoms with van der Waals surface area (Å²) in [5.41, 5.74) is 0. The smallest absolute Gasteiger partial charge is 0.326 e. The molecule has 5 nitrogen and oxygen atoms in total. The van der Waals surface area contributed by atoms with Crippen molar-refractivity contribution in [3.8, 4) is 0 Å². The summed E-state index contributed by atoms with van der Waals surface area (Å²) < 4.78 is 0. The summed E-state index contributed by atoms with van der Waals surface area (Å²) >= 11 is 5.41. The number of hydrogen-bond donors (Lipinski definition) is 3. The average Bonchev–Trinajstić information content (AvgIpc) is 2.14. The molecular weight excluding hydrogens is 220 g/mol. The molecule has 0 aliphatic heterocycles. The summed E-state index contributed by atoms with van der Waals surface area (Å²) in [6.45, 7) is 6.85. The van der Waals surface area contributed by atoms with Crippen molar-refractivity contribution in [3.63, 3.8) is 0 Å². The molecular formula is C9H13ClN2O3. The van der Waals surface area contributed by atoms with Gasteiger partial charge in [0.2, 0.25) is 0 Å². The fourth-order valence-electron chi connectivity index (χ4n) is 0.774. The number of amides is 2. The maximum absolute atomic E-state index is 11.1. The van der Waals surface area contributed by atoms with Gasteiger partial charge in [0.05, 0.1) is 6.54 Å². The summed E-state index contributed by atoms with van der Waals surface area (Å²) in [7, 11) is 0. The van der Waals surface area contributed by atoms with Crippen LogP contribution in [0.25, 0.3) is 0 Å². The number of halogens is 1. The number of aliphatic carboxylic acids is 1. The molecule has 0 aliphatic carbocycles. The van der Waals surface area contributed by atoms with Gasteiger partial charge in [-0.05, 0) is 6.42 Å². The van der Waals surface area contributed by atoms with Gasteiger partial charge in [-0.1, -0.05) is 24.3 Å². The topological polar surface area (TPSA) is 78.4 Å². The number of nitrogens with one attached hydrogen (secondary N) is 2. The van der Waals surface area contributed by atoms with E-state index in [-0.39, 0.29) is 18.0 Å². The van der Waals surface area contributed by atoms with E-state index in [4.69, 9.17) is 16.7 Å². The monoisotopic (exact) mass is 232 g/mol. The van der Waals surface area contributed by atoms with E-state index in [1.807, 2.05) is 0 Å². The van der Waals surface area contributed by atoms with E-state index in [1.54, 1.807) is 0 Å². The number of carboxylic acid groups (broad SMARTS) is 1. The molecule has 0 aromatic heterocycles. The Hall–Kier alpha value is -1.49. The Balaban J connectivity index is 4.05. The minimum atomic E-state index is -1.12. The van der Waals surface area contributed by atoms with Gasteiger partial charge in [-0.15, -0.1) is 6.58 Å². The predicted molar refractivity (Wildman–Crippen MR) is 57.8 cm³/mol. The van der Waals surface area contributed by atoms with Crippen molar-refractivity contribution in [1.29, 1.82) is 0 Å². The van der Waals surface area contributed by atoms with Crippen LogP contribution in [0.4, 0.5) is 4.79 Å². The minimum absolute atomic E-state index is 0.0911. The molecule has 2 amide bonds. The molecule has 0 aliphatic rings. The Morgan fingerprint density at radius 2 is 2.13 bits per heavy atom. The lowest BCUT2D eigenvalue weighted by molar-refractivity contribution is -0.139. The molecule has 0 rings (SSSR count). The van der Waals surface area contributed by atoms with Crippen LogP contribution in [0.15, 0.2) is 24.3 Å². The second-order valence-corrected chi connectivity index (χ2v) is 3.29. The van der Waals surface area contributed by atoms with E-state index in [2.05, 4.69) is 23.8 Å². The van der Waals surface area contributed by atoms with Crippen LogP contribution >= 0.6 is 11.6 Å². The van der Waals surface area contributed by atoms with Crippen molar-refractivity contribution in [1.82, 2.24) is 10.6 Å². The second kappa shape index (κ2) is 6.89. The van der Waals surface area contributed by atoms with Gasteiger partial charge >= 0.3 is 12.0 Å². The van der Waals surface area contributed by atoms with Crippen LogP contribution in [0.2, 0.25) is 0 Å². The first-order valence-corrected chi connectivity index (χ1v) is 4.56. The van der Waals surface area contributed by atoms with E-state index >= 15 is 0 Å². The zero-order valence-corrected chi connectivity index (χ0v) is 8.88. The van der Waals surface area contributed by atoms with Crippen LogP contribution in [-0.2, 0) is 4.79 Å². The van der Waals surface area contributed by atoms with Crippen LogP contribution in [0.1, 0.15) is 6.42 Å². The molecule has 0 aromatic rings. The lowest BCUT2D eigenvalue weighted by Gasteiger charge is -2.12. The van der Waals surface area contributed by atoms with Crippen LogP contribution in [0.5, 0.6) is 0 Å². The molecule has 0 saturated carbocycles. The standard InChI is InChI=1S/C9H13ClN2O3/c1-3-4-7(8(13)14)12-9(15)11-5-6(2)10/h3,7H,1-2,4-5H2,(H,13,14)(H2,11,12,15). The van der Waals surface area contributed by atoms with Gasteiger partial charge in [0.1, 0.15) is 6.04 Å². The molecule has 84 valence electrons. The predicted octanol–water partition coefficient (Wildman–Crippen LogP) is 1.07. The van der Waals surface area contributed by atoms with Gasteiger partial charge < -0.3 is 15.7 Å². The fourth-order valence-corrected chi connectivity index (χ4v) is 0.840. The first-order valence-electron chi connectivity index (χ1n) is 4.18. The van der Waals surface area contributed by atoms with Gasteiger partial charge in [-0.2, -0.15) is 0 Å². The third kappa shape index (κ3) is 6.56. The van der Waals surface area contributed by atoms with Gasteiger partial charge in [0.25, 0.3) is 0 Å². The average molecular weight is 233 g/mol. The molecule has 0 radical (unpaired) electrons. The Morgan fingerprint density at radius 1 is 1.53 bits per heavy atom. The highest BCUT2D eigenvalue weighted by atomic mass is 35.5. The Kier molecular flexibility index (Phi) is 6.21. The van der Waals surface area contributed by atoms with Crippen LogP contribution in [0.3, 0.4) is 0 Å². The number of carbonyl (C=O) groups excluding carboxylic acids is 1. The van der Waals surface area contributed by atoms with Crippen LogP contribution < -0.4 is 10.6 Å². The van der Waals surface area contributed by atoms with Gasteiger partial charge in [0.15, 0.2) is 0 Å². The minimum Gasteiger partial charge on any atom is -0.480 e. The van der Waals surface area contributed by atoms with E-state index in [9.17, 15) is 9.59 Å². The Labute approximate surface area is 92.8 Å². The van der Waals surface area contributed by atoms with Crippen molar-refractivity contribution in [3.05, 3.63) is 24.3 Å². The molecule has 0 aromatic carbocycles. The largest absolute Gasteiger partial charge is 0.480 e. The molecule has 6 heteroatoms. The third-order valence-corrected chi connectivity index (χ3v) is 1.58. The molecule has 0 spiro atoms. The first kappa shape index (κ1) is 13.5. The van der Waals surface area contributed by atoms with Crippen molar-refractivity contribution in [2.24, 2.45) is 0 Å². The quantitative estimate of drug-likeness (QED) is 0.600. The van der Waals surface area contributed by atoms with Crippen molar-refractivity contribution >= 4 is 23.6 Å². The van der Waals surface area contributed by atoms with Crippen LogP contribution in [-0.4, -0.2) is 29.7 Å². The van der Waals surface area contributed by atoms with Gasteiger partial charge in [0, 0.05) is 5.03 Å². The number of carbonyl (C=O) groups is 2. The van der Waals surface area contributed by atoms with Crippen molar-refractivity contribution in [2.45, 2.75) is 12.5 Å². The molecule has 0 bridgehead atoms. The van der Waals surface area contributed by atoms with Crippen molar-refractivity contribution < 1.29 is 14.7 Å². The molecule has 3 N–H and O–H groups in total. The van der Waals surface area contributed by atoms with Crippen molar-refractivity contribution in [2.75, 3.05) is 6.54 Å². The summed E-state index contributed by atoms with van der Waals surface area (Å²) in [6, 6.07) is -1.59. The van der Waals surface area contributed by atoms with Gasteiger partial charge in [-0.3, -0.25) is 0 Å². The van der Waals surface area contributed by atoms with Crippen LogP contribution in [0, 0.1) is 0 Å². The lowest BCUT2D eigenvalue weighted by atomic mass is 10.2. The molecule has 1 atom stereocenters. The maximum atomic E-state index is 11.1. The lowest BCUT2D eigenvalue weighted by Crippen LogP contribution is -2.46. The maximum Gasteiger partial charge on any atom is 0.326 e. The molecule has 0 saturated heterocycles. The Morgan fingerprint density at radius 3 is 2.53 bits per heavy atom. The zero-order valence-electron chi connectivity index (χ0n) is 8.12. The van der Waals surface area contributed by atoms with E-state index in [0.29, 0.717) is 0 Å².